The Morgan fingerprint density at radius 2 is 1.52 bits per heavy atom. The van der Waals surface area contributed by atoms with Crippen LogP contribution in [-0.4, -0.2) is 13.1 Å². The van der Waals surface area contributed by atoms with Crippen molar-refractivity contribution in [2.24, 2.45) is 0 Å². The van der Waals surface area contributed by atoms with Gasteiger partial charge in [0.2, 0.25) is 0 Å². The first kappa shape index (κ1) is 15.0. The topological polar surface area (TPSA) is 26.3 Å². The molecule has 0 aliphatic rings. The molecule has 2 heteroatoms. The van der Waals surface area contributed by atoms with E-state index in [1.165, 1.54) is 12.7 Å². The van der Waals surface area contributed by atoms with Gasteiger partial charge in [0.05, 0.1) is 12.7 Å². The molecule has 2 nitrogen and oxygen atoms in total. The van der Waals surface area contributed by atoms with Crippen LogP contribution in [0, 0.1) is 0 Å². The summed E-state index contributed by atoms with van der Waals surface area (Å²) in [5.41, 5.74) is 3.91. The van der Waals surface area contributed by atoms with Gasteiger partial charge >= 0.3 is 5.97 Å². The number of benzene rings is 2. The Balaban J connectivity index is 2.24. The number of ether oxygens (including phenoxy) is 1. The fraction of sp³-hybridized carbons (Fsp3) is 0.211. The summed E-state index contributed by atoms with van der Waals surface area (Å²) in [7, 11) is 1.43. The SMILES string of the molecule is COC(=O)/C(=C(\C)CCc1ccccc1)c1ccccc1. The average molecular weight is 280 g/mol. The lowest BCUT2D eigenvalue weighted by Gasteiger charge is -2.11. The second kappa shape index (κ2) is 7.44. The minimum atomic E-state index is -0.272. The van der Waals surface area contributed by atoms with Gasteiger partial charge in [-0.1, -0.05) is 66.2 Å². The van der Waals surface area contributed by atoms with E-state index in [0.717, 1.165) is 24.0 Å². The van der Waals surface area contributed by atoms with Crippen molar-refractivity contribution < 1.29 is 9.53 Å². The summed E-state index contributed by atoms with van der Waals surface area (Å²) in [6, 6.07) is 20.0. The largest absolute Gasteiger partial charge is 0.465 e. The molecule has 0 saturated heterocycles. The average Bonchev–Trinajstić information content (AvgIpc) is 2.55. The van der Waals surface area contributed by atoms with Crippen molar-refractivity contribution in [3.63, 3.8) is 0 Å². The summed E-state index contributed by atoms with van der Waals surface area (Å²) < 4.78 is 4.94. The van der Waals surface area contributed by atoms with E-state index in [1.807, 2.05) is 55.5 Å². The lowest BCUT2D eigenvalue weighted by molar-refractivity contribution is -0.133. The van der Waals surface area contributed by atoms with Crippen LogP contribution < -0.4 is 0 Å². The number of hydrogen-bond acceptors (Lipinski definition) is 2. The van der Waals surface area contributed by atoms with Crippen molar-refractivity contribution >= 4 is 11.5 Å². The van der Waals surface area contributed by atoms with Gasteiger partial charge in [0.25, 0.3) is 0 Å². The van der Waals surface area contributed by atoms with E-state index in [0.29, 0.717) is 5.57 Å². The Kier molecular flexibility index (Phi) is 5.33. The molecule has 0 heterocycles. The summed E-state index contributed by atoms with van der Waals surface area (Å²) >= 11 is 0. The van der Waals surface area contributed by atoms with Crippen LogP contribution in [0.1, 0.15) is 24.5 Å². The first-order valence-corrected chi connectivity index (χ1v) is 7.09. The highest BCUT2D eigenvalue weighted by atomic mass is 16.5. The standard InChI is InChI=1S/C19H20O2/c1-15(13-14-16-9-5-3-6-10-16)18(19(20)21-2)17-11-7-4-8-12-17/h3-12H,13-14H2,1-2H3/b18-15+. The summed E-state index contributed by atoms with van der Waals surface area (Å²) in [6.07, 6.45) is 1.75. The van der Waals surface area contributed by atoms with Crippen LogP contribution in [0.2, 0.25) is 0 Å². The summed E-state index contributed by atoms with van der Waals surface area (Å²) in [6.45, 7) is 2.00. The molecule has 0 N–H and O–H groups in total. The fourth-order valence-electron chi connectivity index (χ4n) is 2.35. The first-order valence-electron chi connectivity index (χ1n) is 7.09. The molecule has 21 heavy (non-hydrogen) atoms. The van der Waals surface area contributed by atoms with Gasteiger partial charge in [0.1, 0.15) is 0 Å². The number of methoxy groups -OCH3 is 1. The number of allylic oxidation sites excluding steroid dienone is 1. The van der Waals surface area contributed by atoms with E-state index < -0.39 is 0 Å². The molecule has 0 unspecified atom stereocenters. The van der Waals surface area contributed by atoms with Gasteiger partial charge < -0.3 is 4.74 Å². The van der Waals surface area contributed by atoms with E-state index in [9.17, 15) is 4.79 Å². The molecule has 0 amide bonds. The zero-order valence-corrected chi connectivity index (χ0v) is 12.5. The summed E-state index contributed by atoms with van der Waals surface area (Å²) in [5.74, 6) is -0.272. The van der Waals surface area contributed by atoms with E-state index in [-0.39, 0.29) is 5.97 Å². The Bertz CT molecular complexity index is 613. The second-order valence-electron chi connectivity index (χ2n) is 5.00. The Morgan fingerprint density at radius 3 is 2.10 bits per heavy atom. The molecule has 2 aromatic carbocycles. The number of aryl methyl sites for hydroxylation is 1. The Hall–Kier alpha value is -2.35. The Labute approximate surface area is 126 Å². The minimum Gasteiger partial charge on any atom is -0.465 e. The maximum Gasteiger partial charge on any atom is 0.338 e. The molecule has 108 valence electrons. The molecular weight excluding hydrogens is 260 g/mol. The summed E-state index contributed by atoms with van der Waals surface area (Å²) in [5, 5.41) is 0. The van der Waals surface area contributed by atoms with Gasteiger partial charge in [0, 0.05) is 0 Å². The van der Waals surface area contributed by atoms with E-state index in [1.54, 1.807) is 0 Å². The van der Waals surface area contributed by atoms with Gasteiger partial charge in [-0.3, -0.25) is 0 Å². The highest BCUT2D eigenvalue weighted by Crippen LogP contribution is 2.23. The highest BCUT2D eigenvalue weighted by Gasteiger charge is 2.15. The van der Waals surface area contributed by atoms with Gasteiger partial charge in [0.15, 0.2) is 0 Å². The zero-order chi connectivity index (χ0) is 15.1. The first-order chi connectivity index (χ1) is 10.2. The third-order valence-electron chi connectivity index (χ3n) is 3.51. The van der Waals surface area contributed by atoms with Crippen LogP contribution >= 0.6 is 0 Å². The smallest absolute Gasteiger partial charge is 0.338 e. The van der Waals surface area contributed by atoms with E-state index in [2.05, 4.69) is 12.1 Å². The molecule has 0 fully saturated rings. The van der Waals surface area contributed by atoms with Gasteiger partial charge in [-0.25, -0.2) is 4.79 Å². The molecule has 0 bridgehead atoms. The molecule has 0 spiro atoms. The molecule has 0 atom stereocenters. The number of hydrogen-bond donors (Lipinski definition) is 0. The predicted molar refractivity (Wildman–Crippen MR) is 85.8 cm³/mol. The van der Waals surface area contributed by atoms with Crippen molar-refractivity contribution in [2.45, 2.75) is 19.8 Å². The lowest BCUT2D eigenvalue weighted by Crippen LogP contribution is -2.06. The van der Waals surface area contributed by atoms with Crippen LogP contribution in [0.4, 0.5) is 0 Å². The molecule has 0 aliphatic heterocycles. The van der Waals surface area contributed by atoms with Crippen LogP contribution in [0.15, 0.2) is 66.2 Å². The molecular formula is C19H20O2. The second-order valence-corrected chi connectivity index (χ2v) is 5.00. The number of carbonyl (C=O) groups excluding carboxylic acids is 1. The van der Waals surface area contributed by atoms with Gasteiger partial charge in [-0.15, -0.1) is 0 Å². The quantitative estimate of drug-likeness (QED) is 0.604. The highest BCUT2D eigenvalue weighted by molar-refractivity contribution is 6.17. The minimum absolute atomic E-state index is 0.272. The van der Waals surface area contributed by atoms with E-state index in [4.69, 9.17) is 4.74 Å². The molecule has 2 rings (SSSR count). The van der Waals surface area contributed by atoms with E-state index >= 15 is 0 Å². The third kappa shape index (κ3) is 4.06. The number of rotatable bonds is 5. The molecule has 0 saturated carbocycles. The van der Waals surface area contributed by atoms with Crippen LogP contribution in [0.25, 0.3) is 5.57 Å². The van der Waals surface area contributed by atoms with Crippen molar-refractivity contribution in [3.05, 3.63) is 77.4 Å². The molecule has 0 radical (unpaired) electrons. The van der Waals surface area contributed by atoms with Gasteiger partial charge in [-0.05, 0) is 30.9 Å². The third-order valence-corrected chi connectivity index (χ3v) is 3.51. The Morgan fingerprint density at radius 1 is 0.952 bits per heavy atom. The number of carbonyl (C=O) groups is 1. The summed E-state index contributed by atoms with van der Waals surface area (Å²) in [4.78, 5) is 12.1. The number of esters is 1. The molecule has 2 aromatic rings. The fourth-order valence-corrected chi connectivity index (χ4v) is 2.35. The van der Waals surface area contributed by atoms with Crippen LogP contribution in [0.5, 0.6) is 0 Å². The van der Waals surface area contributed by atoms with Crippen molar-refractivity contribution in [1.82, 2.24) is 0 Å². The van der Waals surface area contributed by atoms with Crippen molar-refractivity contribution in [3.8, 4) is 0 Å². The maximum absolute atomic E-state index is 12.1. The normalized spacial score (nSPS) is 11.7. The predicted octanol–water partition coefficient (Wildman–Crippen LogP) is 4.27. The maximum atomic E-state index is 12.1. The molecule has 0 aliphatic carbocycles. The van der Waals surface area contributed by atoms with Crippen LogP contribution in [0.3, 0.4) is 0 Å². The monoisotopic (exact) mass is 280 g/mol. The van der Waals surface area contributed by atoms with Gasteiger partial charge in [-0.2, -0.15) is 0 Å². The zero-order valence-electron chi connectivity index (χ0n) is 12.5. The van der Waals surface area contributed by atoms with Crippen molar-refractivity contribution in [2.75, 3.05) is 7.11 Å². The van der Waals surface area contributed by atoms with Crippen molar-refractivity contribution in [1.29, 1.82) is 0 Å². The lowest BCUT2D eigenvalue weighted by atomic mass is 9.96. The molecule has 0 aromatic heterocycles. The van der Waals surface area contributed by atoms with Crippen LogP contribution in [-0.2, 0) is 16.0 Å².